The summed E-state index contributed by atoms with van der Waals surface area (Å²) in [5, 5.41) is 11.7. The molecule has 1 unspecified atom stereocenters. The Bertz CT molecular complexity index is 355. The predicted molar refractivity (Wildman–Crippen MR) is 56.4 cm³/mol. The number of hydrogen-bond donors (Lipinski definition) is 1. The van der Waals surface area contributed by atoms with Crippen LogP contribution in [-0.4, -0.2) is 13.2 Å². The van der Waals surface area contributed by atoms with Crippen LogP contribution in [0.4, 0.5) is 5.69 Å². The Balaban J connectivity index is 2.82. The molecule has 0 saturated carbocycles. The van der Waals surface area contributed by atoms with Gasteiger partial charge in [0.15, 0.2) is 0 Å². The highest BCUT2D eigenvalue weighted by molar-refractivity contribution is 5.51. The number of benzene rings is 1. The third-order valence-electron chi connectivity index (χ3n) is 1.97. The molecular weight excluding hydrogens is 176 g/mol. The summed E-state index contributed by atoms with van der Waals surface area (Å²) in [5.74, 6) is 0.861. The molecule has 1 atom stereocenters. The number of nitriles is 1. The van der Waals surface area contributed by atoms with Gasteiger partial charge in [0, 0.05) is 5.69 Å². The van der Waals surface area contributed by atoms with E-state index in [0.29, 0.717) is 0 Å². The molecule has 0 radical (unpaired) electrons. The summed E-state index contributed by atoms with van der Waals surface area (Å²) >= 11 is 0. The van der Waals surface area contributed by atoms with Crippen molar-refractivity contribution >= 4 is 5.69 Å². The number of anilines is 1. The van der Waals surface area contributed by atoms with E-state index >= 15 is 0 Å². The zero-order valence-electron chi connectivity index (χ0n) is 8.66. The Hall–Kier alpha value is -1.69. The van der Waals surface area contributed by atoms with E-state index < -0.39 is 0 Å². The minimum Gasteiger partial charge on any atom is -0.496 e. The van der Waals surface area contributed by atoms with Gasteiger partial charge in [-0.25, -0.2) is 0 Å². The smallest absolute Gasteiger partial charge is 0.121 e. The SMILES string of the molecule is COc1ccc(NC(C)C#N)cc1C. The maximum atomic E-state index is 8.63. The van der Waals surface area contributed by atoms with E-state index in [4.69, 9.17) is 10.00 Å². The summed E-state index contributed by atoms with van der Waals surface area (Å²) in [6.07, 6.45) is 0. The van der Waals surface area contributed by atoms with E-state index in [-0.39, 0.29) is 6.04 Å². The zero-order valence-corrected chi connectivity index (χ0v) is 8.66. The molecular formula is C11H14N2O. The summed E-state index contributed by atoms with van der Waals surface area (Å²) in [6.45, 7) is 3.79. The van der Waals surface area contributed by atoms with Crippen LogP contribution in [0.15, 0.2) is 18.2 Å². The van der Waals surface area contributed by atoms with Crippen LogP contribution in [0, 0.1) is 18.3 Å². The van der Waals surface area contributed by atoms with Gasteiger partial charge in [-0.2, -0.15) is 5.26 Å². The summed E-state index contributed by atoms with van der Waals surface area (Å²) in [7, 11) is 1.65. The first-order valence-electron chi connectivity index (χ1n) is 4.48. The van der Waals surface area contributed by atoms with Crippen molar-refractivity contribution in [2.45, 2.75) is 19.9 Å². The Morgan fingerprint density at radius 2 is 2.21 bits per heavy atom. The van der Waals surface area contributed by atoms with Gasteiger partial charge in [0.05, 0.1) is 13.2 Å². The molecule has 0 fully saturated rings. The average molecular weight is 190 g/mol. The highest BCUT2D eigenvalue weighted by atomic mass is 16.5. The summed E-state index contributed by atoms with van der Waals surface area (Å²) in [4.78, 5) is 0. The summed E-state index contributed by atoms with van der Waals surface area (Å²) in [5.41, 5.74) is 2.00. The number of ether oxygens (including phenoxy) is 1. The highest BCUT2D eigenvalue weighted by Gasteiger charge is 2.02. The first-order chi connectivity index (χ1) is 6.67. The molecule has 0 aromatic heterocycles. The van der Waals surface area contributed by atoms with Crippen LogP contribution in [0.5, 0.6) is 5.75 Å². The second kappa shape index (κ2) is 4.52. The lowest BCUT2D eigenvalue weighted by molar-refractivity contribution is 0.412. The van der Waals surface area contributed by atoms with E-state index in [1.165, 1.54) is 0 Å². The lowest BCUT2D eigenvalue weighted by Crippen LogP contribution is -2.11. The van der Waals surface area contributed by atoms with Gasteiger partial charge in [0.1, 0.15) is 11.8 Å². The van der Waals surface area contributed by atoms with Crippen LogP contribution >= 0.6 is 0 Å². The number of rotatable bonds is 3. The minimum atomic E-state index is -0.178. The van der Waals surface area contributed by atoms with E-state index in [9.17, 15) is 0 Å². The fourth-order valence-corrected chi connectivity index (χ4v) is 1.25. The molecule has 0 heterocycles. The van der Waals surface area contributed by atoms with Crippen molar-refractivity contribution in [2.75, 3.05) is 12.4 Å². The second-order valence-corrected chi connectivity index (χ2v) is 3.18. The molecule has 0 aliphatic rings. The normalized spacial score (nSPS) is 11.6. The third kappa shape index (κ3) is 2.40. The van der Waals surface area contributed by atoms with Crippen molar-refractivity contribution in [3.63, 3.8) is 0 Å². The molecule has 0 bridgehead atoms. The monoisotopic (exact) mass is 190 g/mol. The van der Waals surface area contributed by atoms with Gasteiger partial charge < -0.3 is 10.1 Å². The Labute approximate surface area is 84.3 Å². The molecule has 0 spiro atoms. The number of methoxy groups -OCH3 is 1. The van der Waals surface area contributed by atoms with Gasteiger partial charge in [-0.3, -0.25) is 0 Å². The number of nitrogens with zero attached hydrogens (tertiary/aromatic N) is 1. The van der Waals surface area contributed by atoms with Crippen molar-refractivity contribution in [3.8, 4) is 11.8 Å². The van der Waals surface area contributed by atoms with Gasteiger partial charge in [-0.05, 0) is 37.6 Å². The first kappa shape index (κ1) is 10.4. The van der Waals surface area contributed by atoms with Crippen LogP contribution in [0.2, 0.25) is 0 Å². The first-order valence-corrected chi connectivity index (χ1v) is 4.48. The summed E-state index contributed by atoms with van der Waals surface area (Å²) in [6, 6.07) is 7.70. The van der Waals surface area contributed by atoms with Gasteiger partial charge >= 0.3 is 0 Å². The van der Waals surface area contributed by atoms with Crippen molar-refractivity contribution in [1.29, 1.82) is 5.26 Å². The number of nitrogens with one attached hydrogen (secondary N) is 1. The van der Waals surface area contributed by atoms with E-state index in [1.807, 2.05) is 32.0 Å². The fraction of sp³-hybridized carbons (Fsp3) is 0.364. The fourth-order valence-electron chi connectivity index (χ4n) is 1.25. The summed E-state index contributed by atoms with van der Waals surface area (Å²) < 4.78 is 5.14. The largest absolute Gasteiger partial charge is 0.496 e. The van der Waals surface area contributed by atoms with Crippen molar-refractivity contribution < 1.29 is 4.74 Å². The minimum absolute atomic E-state index is 0.178. The van der Waals surface area contributed by atoms with E-state index in [2.05, 4.69) is 11.4 Å². The Morgan fingerprint density at radius 3 is 2.71 bits per heavy atom. The van der Waals surface area contributed by atoms with Crippen molar-refractivity contribution in [3.05, 3.63) is 23.8 Å². The van der Waals surface area contributed by atoms with Gasteiger partial charge in [0.25, 0.3) is 0 Å². The molecule has 3 heteroatoms. The molecule has 1 N–H and O–H groups in total. The molecule has 1 aromatic carbocycles. The standard InChI is InChI=1S/C11H14N2O/c1-8-6-10(13-9(2)7-12)4-5-11(8)14-3/h4-6,9,13H,1-3H3. The van der Waals surface area contributed by atoms with Crippen molar-refractivity contribution in [1.82, 2.24) is 0 Å². The van der Waals surface area contributed by atoms with Crippen LogP contribution in [0.3, 0.4) is 0 Å². The zero-order chi connectivity index (χ0) is 10.6. The lowest BCUT2D eigenvalue weighted by Gasteiger charge is -2.10. The van der Waals surface area contributed by atoms with Crippen molar-refractivity contribution in [2.24, 2.45) is 0 Å². The second-order valence-electron chi connectivity index (χ2n) is 3.18. The van der Waals surface area contributed by atoms with Crippen LogP contribution < -0.4 is 10.1 Å². The Morgan fingerprint density at radius 1 is 1.50 bits per heavy atom. The maximum absolute atomic E-state index is 8.63. The average Bonchev–Trinajstić information content (AvgIpc) is 2.18. The van der Waals surface area contributed by atoms with E-state index in [1.54, 1.807) is 7.11 Å². The molecule has 0 aliphatic carbocycles. The van der Waals surface area contributed by atoms with E-state index in [0.717, 1.165) is 17.0 Å². The molecule has 0 amide bonds. The molecule has 14 heavy (non-hydrogen) atoms. The quantitative estimate of drug-likeness (QED) is 0.795. The Kier molecular flexibility index (Phi) is 3.35. The predicted octanol–water partition coefficient (Wildman–Crippen LogP) is 2.33. The molecule has 3 nitrogen and oxygen atoms in total. The van der Waals surface area contributed by atoms with Crippen LogP contribution in [0.1, 0.15) is 12.5 Å². The molecule has 1 aromatic rings. The van der Waals surface area contributed by atoms with Crippen LogP contribution in [-0.2, 0) is 0 Å². The molecule has 74 valence electrons. The maximum Gasteiger partial charge on any atom is 0.121 e. The van der Waals surface area contributed by atoms with Gasteiger partial charge in [-0.1, -0.05) is 0 Å². The van der Waals surface area contributed by atoms with Crippen LogP contribution in [0.25, 0.3) is 0 Å². The molecule has 1 rings (SSSR count). The molecule has 0 aliphatic heterocycles. The van der Waals surface area contributed by atoms with Gasteiger partial charge in [0.2, 0.25) is 0 Å². The molecule has 0 saturated heterocycles. The number of hydrogen-bond acceptors (Lipinski definition) is 3. The number of aryl methyl sites for hydroxylation is 1. The third-order valence-corrected chi connectivity index (χ3v) is 1.97. The lowest BCUT2D eigenvalue weighted by atomic mass is 10.2. The van der Waals surface area contributed by atoms with Gasteiger partial charge in [-0.15, -0.1) is 0 Å². The topological polar surface area (TPSA) is 45.0 Å². The highest BCUT2D eigenvalue weighted by Crippen LogP contribution is 2.21.